The van der Waals surface area contributed by atoms with E-state index < -0.39 is 0 Å². The van der Waals surface area contributed by atoms with Crippen molar-refractivity contribution in [1.82, 2.24) is 0 Å². The SMILES string of the molecule is C/C=C/CCCCCCCOC(=O)CC. The van der Waals surface area contributed by atoms with E-state index in [4.69, 9.17) is 4.74 Å². The van der Waals surface area contributed by atoms with Gasteiger partial charge in [0.05, 0.1) is 6.61 Å². The molecule has 0 spiro atoms. The molecule has 0 aromatic carbocycles. The van der Waals surface area contributed by atoms with Crippen molar-refractivity contribution in [3.63, 3.8) is 0 Å². The molecular weight excluding hydrogens is 188 g/mol. The van der Waals surface area contributed by atoms with E-state index in [0.29, 0.717) is 13.0 Å². The van der Waals surface area contributed by atoms with E-state index in [9.17, 15) is 4.79 Å². The van der Waals surface area contributed by atoms with Crippen LogP contribution in [0.15, 0.2) is 12.2 Å². The predicted octanol–water partition coefficient (Wildman–Crippen LogP) is 3.86. The molecule has 0 N–H and O–H groups in total. The maximum Gasteiger partial charge on any atom is 0.305 e. The summed E-state index contributed by atoms with van der Waals surface area (Å²) in [4.78, 5) is 10.8. The summed E-state index contributed by atoms with van der Waals surface area (Å²) in [6, 6.07) is 0. The van der Waals surface area contributed by atoms with Gasteiger partial charge >= 0.3 is 5.97 Å². The van der Waals surface area contributed by atoms with Gasteiger partial charge in [-0.15, -0.1) is 0 Å². The molecule has 0 amide bonds. The summed E-state index contributed by atoms with van der Waals surface area (Å²) in [6.45, 7) is 4.48. The summed E-state index contributed by atoms with van der Waals surface area (Å²) in [5.74, 6) is -0.0805. The first-order valence-electron chi connectivity index (χ1n) is 6.08. The van der Waals surface area contributed by atoms with E-state index in [2.05, 4.69) is 19.1 Å². The number of unbranched alkanes of at least 4 members (excludes halogenated alkanes) is 5. The lowest BCUT2D eigenvalue weighted by Crippen LogP contribution is -2.03. The van der Waals surface area contributed by atoms with Gasteiger partial charge in [0.15, 0.2) is 0 Å². The van der Waals surface area contributed by atoms with Gasteiger partial charge in [0.1, 0.15) is 0 Å². The predicted molar refractivity (Wildman–Crippen MR) is 63.8 cm³/mol. The molecule has 2 heteroatoms. The van der Waals surface area contributed by atoms with Crippen LogP contribution in [0.1, 0.15) is 58.8 Å². The summed E-state index contributed by atoms with van der Waals surface area (Å²) in [5.41, 5.74) is 0. The second-order valence-electron chi connectivity index (χ2n) is 3.70. The van der Waals surface area contributed by atoms with Crippen molar-refractivity contribution in [2.75, 3.05) is 6.61 Å². The number of esters is 1. The number of carbonyl (C=O) groups excluding carboxylic acids is 1. The minimum atomic E-state index is -0.0805. The Morgan fingerprint density at radius 3 is 2.47 bits per heavy atom. The third-order valence-electron chi connectivity index (χ3n) is 2.30. The Bertz CT molecular complexity index is 173. The van der Waals surface area contributed by atoms with Crippen molar-refractivity contribution in [3.05, 3.63) is 12.2 Å². The number of rotatable bonds is 9. The minimum Gasteiger partial charge on any atom is -0.466 e. The first-order chi connectivity index (χ1) is 7.31. The van der Waals surface area contributed by atoms with Gasteiger partial charge in [0.25, 0.3) is 0 Å². The van der Waals surface area contributed by atoms with E-state index >= 15 is 0 Å². The molecular formula is C13H24O2. The molecule has 15 heavy (non-hydrogen) atoms. The third kappa shape index (κ3) is 11.1. The van der Waals surface area contributed by atoms with Crippen molar-refractivity contribution in [2.24, 2.45) is 0 Å². The van der Waals surface area contributed by atoms with E-state index in [0.717, 1.165) is 6.42 Å². The summed E-state index contributed by atoms with van der Waals surface area (Å²) in [5, 5.41) is 0. The zero-order chi connectivity index (χ0) is 11.4. The topological polar surface area (TPSA) is 26.3 Å². The summed E-state index contributed by atoms with van der Waals surface area (Å²) in [7, 11) is 0. The fraction of sp³-hybridized carbons (Fsp3) is 0.769. The molecule has 88 valence electrons. The van der Waals surface area contributed by atoms with E-state index in [1.54, 1.807) is 0 Å². The molecule has 0 fully saturated rings. The summed E-state index contributed by atoms with van der Waals surface area (Å²) in [6.07, 6.45) is 12.0. The maximum absolute atomic E-state index is 10.8. The van der Waals surface area contributed by atoms with Crippen LogP contribution in [-0.2, 0) is 9.53 Å². The van der Waals surface area contributed by atoms with Crippen LogP contribution in [-0.4, -0.2) is 12.6 Å². The molecule has 0 aliphatic heterocycles. The zero-order valence-electron chi connectivity index (χ0n) is 10.1. The smallest absolute Gasteiger partial charge is 0.305 e. The van der Waals surface area contributed by atoms with Gasteiger partial charge in [0.2, 0.25) is 0 Å². The highest BCUT2D eigenvalue weighted by Gasteiger charge is 1.96. The Morgan fingerprint density at radius 2 is 1.80 bits per heavy atom. The molecule has 0 saturated heterocycles. The molecule has 0 aromatic heterocycles. The van der Waals surface area contributed by atoms with Crippen LogP contribution in [0.5, 0.6) is 0 Å². The van der Waals surface area contributed by atoms with Crippen LogP contribution in [0.2, 0.25) is 0 Å². The van der Waals surface area contributed by atoms with Crippen molar-refractivity contribution < 1.29 is 9.53 Å². The van der Waals surface area contributed by atoms with E-state index in [-0.39, 0.29) is 5.97 Å². The van der Waals surface area contributed by atoms with Crippen LogP contribution >= 0.6 is 0 Å². The van der Waals surface area contributed by atoms with E-state index in [1.165, 1.54) is 32.1 Å². The molecule has 0 saturated carbocycles. The van der Waals surface area contributed by atoms with Crippen LogP contribution < -0.4 is 0 Å². The first-order valence-corrected chi connectivity index (χ1v) is 6.08. The number of allylic oxidation sites excluding steroid dienone is 2. The molecule has 0 radical (unpaired) electrons. The van der Waals surface area contributed by atoms with Gasteiger partial charge < -0.3 is 4.74 Å². The molecule has 0 atom stereocenters. The Hall–Kier alpha value is -0.790. The third-order valence-corrected chi connectivity index (χ3v) is 2.30. The Balaban J connectivity index is 3.02. The van der Waals surface area contributed by atoms with Crippen molar-refractivity contribution in [2.45, 2.75) is 58.8 Å². The Kier molecular flexibility index (Phi) is 10.7. The second kappa shape index (κ2) is 11.3. The van der Waals surface area contributed by atoms with Crippen LogP contribution in [0.25, 0.3) is 0 Å². The van der Waals surface area contributed by atoms with Crippen LogP contribution in [0, 0.1) is 0 Å². The summed E-state index contributed by atoms with van der Waals surface area (Å²) >= 11 is 0. The quantitative estimate of drug-likeness (QED) is 0.329. The van der Waals surface area contributed by atoms with E-state index in [1.807, 2.05) is 6.92 Å². The van der Waals surface area contributed by atoms with Gasteiger partial charge in [0, 0.05) is 6.42 Å². The Morgan fingerprint density at radius 1 is 1.13 bits per heavy atom. The number of hydrogen-bond donors (Lipinski definition) is 0. The molecule has 0 aliphatic rings. The van der Waals surface area contributed by atoms with Crippen molar-refractivity contribution in [1.29, 1.82) is 0 Å². The molecule has 0 heterocycles. The fourth-order valence-electron chi connectivity index (χ4n) is 1.35. The van der Waals surface area contributed by atoms with Gasteiger partial charge in [-0.3, -0.25) is 4.79 Å². The average molecular weight is 212 g/mol. The molecule has 0 rings (SSSR count). The second-order valence-corrected chi connectivity index (χ2v) is 3.70. The molecule has 0 bridgehead atoms. The minimum absolute atomic E-state index is 0.0805. The highest BCUT2D eigenvalue weighted by molar-refractivity contribution is 5.68. The number of hydrogen-bond acceptors (Lipinski definition) is 2. The highest BCUT2D eigenvalue weighted by Crippen LogP contribution is 2.06. The van der Waals surface area contributed by atoms with Gasteiger partial charge in [-0.05, 0) is 26.2 Å². The zero-order valence-corrected chi connectivity index (χ0v) is 10.1. The molecule has 0 aromatic rings. The van der Waals surface area contributed by atoms with Gasteiger partial charge in [-0.25, -0.2) is 0 Å². The van der Waals surface area contributed by atoms with Crippen molar-refractivity contribution >= 4 is 5.97 Å². The lowest BCUT2D eigenvalue weighted by molar-refractivity contribution is -0.143. The average Bonchev–Trinajstić information content (AvgIpc) is 2.26. The van der Waals surface area contributed by atoms with Crippen LogP contribution in [0.4, 0.5) is 0 Å². The monoisotopic (exact) mass is 212 g/mol. The first kappa shape index (κ1) is 14.2. The standard InChI is InChI=1S/C13H24O2/c1-3-5-6-7-8-9-10-11-12-15-13(14)4-2/h3,5H,4,6-12H2,1-2H3/b5-3+. The fourth-order valence-corrected chi connectivity index (χ4v) is 1.35. The molecule has 0 unspecified atom stereocenters. The van der Waals surface area contributed by atoms with Crippen LogP contribution in [0.3, 0.4) is 0 Å². The maximum atomic E-state index is 10.8. The molecule has 2 nitrogen and oxygen atoms in total. The lowest BCUT2D eigenvalue weighted by Gasteiger charge is -2.02. The Labute approximate surface area is 93.7 Å². The molecule has 0 aliphatic carbocycles. The van der Waals surface area contributed by atoms with Gasteiger partial charge in [-0.2, -0.15) is 0 Å². The number of carbonyl (C=O) groups is 1. The van der Waals surface area contributed by atoms with Crippen molar-refractivity contribution in [3.8, 4) is 0 Å². The normalized spacial score (nSPS) is 10.8. The highest BCUT2D eigenvalue weighted by atomic mass is 16.5. The lowest BCUT2D eigenvalue weighted by atomic mass is 10.1. The van der Waals surface area contributed by atoms with Gasteiger partial charge in [-0.1, -0.05) is 38.3 Å². The summed E-state index contributed by atoms with van der Waals surface area (Å²) < 4.78 is 4.99. The largest absolute Gasteiger partial charge is 0.466 e. The number of ether oxygens (including phenoxy) is 1.